The highest BCUT2D eigenvalue weighted by Crippen LogP contribution is 2.51. The molecule has 1 saturated carbocycles. The average Bonchev–Trinajstić information content (AvgIpc) is 3.21. The maximum Gasteiger partial charge on any atom is 0.226 e. The summed E-state index contributed by atoms with van der Waals surface area (Å²) < 4.78 is 7.45. The van der Waals surface area contributed by atoms with Gasteiger partial charge in [0.1, 0.15) is 12.4 Å². The maximum atomic E-state index is 9.41. The van der Waals surface area contributed by atoms with Crippen molar-refractivity contribution < 1.29 is 4.74 Å². The lowest BCUT2D eigenvalue weighted by atomic mass is 9.99. The molecule has 2 aromatic heterocycles. The van der Waals surface area contributed by atoms with Crippen LogP contribution in [0, 0.1) is 11.3 Å². The molecule has 23 heavy (non-hydrogen) atoms. The molecule has 0 unspecified atom stereocenters. The molecule has 1 aliphatic rings. The molecule has 2 heterocycles. The summed E-state index contributed by atoms with van der Waals surface area (Å²) >= 11 is 0. The quantitative estimate of drug-likeness (QED) is 0.744. The Labute approximate surface area is 134 Å². The molecule has 5 heteroatoms. The molecular formula is C18H16N4O. The Kier molecular flexibility index (Phi) is 2.88. The maximum absolute atomic E-state index is 9.41. The second-order valence-corrected chi connectivity index (χ2v) is 6.18. The molecule has 0 N–H and O–H groups in total. The Bertz CT molecular complexity index is 947. The minimum absolute atomic E-state index is 0.142. The number of benzene rings is 1. The van der Waals surface area contributed by atoms with Crippen molar-refractivity contribution in [3.05, 3.63) is 47.9 Å². The van der Waals surface area contributed by atoms with Crippen LogP contribution in [0.1, 0.15) is 30.9 Å². The third kappa shape index (κ3) is 1.99. The summed E-state index contributed by atoms with van der Waals surface area (Å²) in [7, 11) is 1.63. The van der Waals surface area contributed by atoms with E-state index < -0.39 is 0 Å². The van der Waals surface area contributed by atoms with Gasteiger partial charge in [0.2, 0.25) is 5.88 Å². The minimum atomic E-state index is 0.142. The Morgan fingerprint density at radius 3 is 2.74 bits per heavy atom. The van der Waals surface area contributed by atoms with E-state index in [2.05, 4.69) is 29.2 Å². The summed E-state index contributed by atoms with van der Waals surface area (Å²) in [5.74, 6) is 0.589. The van der Waals surface area contributed by atoms with Gasteiger partial charge in [-0.2, -0.15) is 5.26 Å². The first kappa shape index (κ1) is 13.8. The summed E-state index contributed by atoms with van der Waals surface area (Å²) in [6, 6.07) is 9.81. The topological polar surface area (TPSA) is 63.7 Å². The van der Waals surface area contributed by atoms with Crippen LogP contribution < -0.4 is 4.74 Å². The van der Waals surface area contributed by atoms with Crippen LogP contribution in [0.2, 0.25) is 0 Å². The summed E-state index contributed by atoms with van der Waals surface area (Å²) in [5, 5.41) is 10.4. The van der Waals surface area contributed by atoms with Crippen molar-refractivity contribution in [3.63, 3.8) is 0 Å². The number of fused-ring (bicyclic) bond motifs is 1. The van der Waals surface area contributed by atoms with E-state index in [0.29, 0.717) is 11.4 Å². The predicted octanol–water partition coefficient (Wildman–Crippen LogP) is 3.35. The van der Waals surface area contributed by atoms with Crippen LogP contribution in [0.25, 0.3) is 16.7 Å². The summed E-state index contributed by atoms with van der Waals surface area (Å²) in [5.41, 5.74) is 3.56. The Balaban J connectivity index is 2.08. The molecule has 1 aliphatic carbocycles. The van der Waals surface area contributed by atoms with Crippen LogP contribution in [0.4, 0.5) is 0 Å². The van der Waals surface area contributed by atoms with Gasteiger partial charge >= 0.3 is 0 Å². The normalized spacial score (nSPS) is 15.3. The molecule has 0 saturated heterocycles. The van der Waals surface area contributed by atoms with E-state index in [1.165, 1.54) is 11.9 Å². The number of methoxy groups -OCH3 is 1. The molecule has 1 fully saturated rings. The molecule has 0 atom stereocenters. The number of ether oxygens (including phenoxy) is 1. The molecule has 0 radical (unpaired) electrons. The third-order valence-corrected chi connectivity index (χ3v) is 4.68. The van der Waals surface area contributed by atoms with Crippen LogP contribution in [0.5, 0.6) is 5.88 Å². The fourth-order valence-corrected chi connectivity index (χ4v) is 3.06. The molecule has 114 valence electrons. The van der Waals surface area contributed by atoms with E-state index in [-0.39, 0.29) is 5.41 Å². The van der Waals surface area contributed by atoms with Crippen molar-refractivity contribution in [2.75, 3.05) is 7.11 Å². The van der Waals surface area contributed by atoms with Crippen LogP contribution >= 0.6 is 0 Å². The molecule has 0 bridgehead atoms. The largest absolute Gasteiger partial charge is 0.480 e. The van der Waals surface area contributed by atoms with Crippen LogP contribution in [0.15, 0.2) is 36.8 Å². The van der Waals surface area contributed by atoms with Crippen LogP contribution in [0.3, 0.4) is 0 Å². The van der Waals surface area contributed by atoms with Crippen LogP contribution in [-0.4, -0.2) is 21.6 Å². The smallest absolute Gasteiger partial charge is 0.226 e. The zero-order valence-corrected chi connectivity index (χ0v) is 13.1. The monoisotopic (exact) mass is 304 g/mol. The highest BCUT2D eigenvalue weighted by Gasteiger charge is 2.42. The van der Waals surface area contributed by atoms with E-state index in [9.17, 15) is 5.26 Å². The predicted molar refractivity (Wildman–Crippen MR) is 86.7 cm³/mol. The van der Waals surface area contributed by atoms with Gasteiger partial charge in [0.15, 0.2) is 5.65 Å². The Morgan fingerprint density at radius 1 is 1.26 bits per heavy atom. The standard InChI is InChI=1S/C18H16N4O/c1-18(7-8-18)13-10-22(14-6-4-3-5-12(14)9-19)16-15(13)17(23-2)21-11-20-16/h3-6,10-11H,7-8H2,1-2H3. The van der Waals surface area contributed by atoms with Gasteiger partial charge in [-0.1, -0.05) is 19.1 Å². The van der Waals surface area contributed by atoms with Gasteiger partial charge in [0, 0.05) is 6.20 Å². The van der Waals surface area contributed by atoms with E-state index in [0.717, 1.165) is 29.6 Å². The van der Waals surface area contributed by atoms with Crippen molar-refractivity contribution in [1.29, 1.82) is 5.26 Å². The number of rotatable bonds is 3. The Morgan fingerprint density at radius 2 is 2.04 bits per heavy atom. The molecule has 0 aliphatic heterocycles. The first-order valence-corrected chi connectivity index (χ1v) is 7.58. The molecule has 4 rings (SSSR count). The number of nitriles is 1. The molecule has 0 spiro atoms. The highest BCUT2D eigenvalue weighted by atomic mass is 16.5. The lowest BCUT2D eigenvalue weighted by molar-refractivity contribution is 0.402. The Hall–Kier alpha value is -2.87. The van der Waals surface area contributed by atoms with E-state index >= 15 is 0 Å². The van der Waals surface area contributed by atoms with Crippen molar-refractivity contribution >= 4 is 11.0 Å². The van der Waals surface area contributed by atoms with Gasteiger partial charge in [0.05, 0.1) is 23.7 Å². The van der Waals surface area contributed by atoms with Gasteiger partial charge < -0.3 is 4.74 Å². The summed E-state index contributed by atoms with van der Waals surface area (Å²) in [4.78, 5) is 8.73. The van der Waals surface area contributed by atoms with Crippen molar-refractivity contribution in [2.24, 2.45) is 0 Å². The van der Waals surface area contributed by atoms with Gasteiger partial charge in [-0.05, 0) is 36.0 Å². The van der Waals surface area contributed by atoms with Gasteiger partial charge in [-0.3, -0.25) is 4.57 Å². The lowest BCUT2D eigenvalue weighted by Crippen LogP contribution is -2.00. The first-order chi connectivity index (χ1) is 11.2. The average molecular weight is 304 g/mol. The zero-order chi connectivity index (χ0) is 16.0. The summed E-state index contributed by atoms with van der Waals surface area (Å²) in [6.07, 6.45) is 5.88. The number of hydrogen-bond acceptors (Lipinski definition) is 4. The molecule has 3 aromatic rings. The van der Waals surface area contributed by atoms with Crippen LogP contribution in [-0.2, 0) is 5.41 Å². The van der Waals surface area contributed by atoms with Crippen molar-refractivity contribution in [2.45, 2.75) is 25.2 Å². The molecule has 0 amide bonds. The fraction of sp³-hybridized carbons (Fsp3) is 0.278. The highest BCUT2D eigenvalue weighted by molar-refractivity contribution is 5.88. The van der Waals surface area contributed by atoms with E-state index in [1.807, 2.05) is 28.8 Å². The van der Waals surface area contributed by atoms with Crippen molar-refractivity contribution in [1.82, 2.24) is 14.5 Å². The number of nitrogens with zero attached hydrogens (tertiary/aromatic N) is 4. The second kappa shape index (κ2) is 4.82. The number of para-hydroxylation sites is 1. The SMILES string of the molecule is COc1ncnc2c1c(C1(C)CC1)cn2-c1ccccc1C#N. The van der Waals surface area contributed by atoms with Gasteiger partial charge in [-0.25, -0.2) is 9.97 Å². The zero-order valence-electron chi connectivity index (χ0n) is 13.1. The summed E-state index contributed by atoms with van der Waals surface area (Å²) in [6.45, 7) is 2.24. The van der Waals surface area contributed by atoms with E-state index in [1.54, 1.807) is 7.11 Å². The van der Waals surface area contributed by atoms with Gasteiger partial charge in [-0.15, -0.1) is 0 Å². The minimum Gasteiger partial charge on any atom is -0.480 e. The number of aromatic nitrogens is 3. The van der Waals surface area contributed by atoms with E-state index in [4.69, 9.17) is 4.74 Å². The molecule has 1 aromatic carbocycles. The molecule has 5 nitrogen and oxygen atoms in total. The lowest BCUT2D eigenvalue weighted by Gasteiger charge is -2.07. The van der Waals surface area contributed by atoms with Crippen molar-refractivity contribution in [3.8, 4) is 17.6 Å². The first-order valence-electron chi connectivity index (χ1n) is 7.58. The fourth-order valence-electron chi connectivity index (χ4n) is 3.06. The third-order valence-electron chi connectivity index (χ3n) is 4.68. The second-order valence-electron chi connectivity index (χ2n) is 6.18. The van der Waals surface area contributed by atoms with Gasteiger partial charge in [0.25, 0.3) is 0 Å². The number of hydrogen-bond donors (Lipinski definition) is 0. The molecular weight excluding hydrogens is 288 g/mol.